The van der Waals surface area contributed by atoms with E-state index in [1.54, 1.807) is 6.20 Å². The van der Waals surface area contributed by atoms with Crippen LogP contribution in [0.1, 0.15) is 25.3 Å². The van der Waals surface area contributed by atoms with E-state index in [2.05, 4.69) is 10.4 Å². The van der Waals surface area contributed by atoms with Crippen LogP contribution in [-0.4, -0.2) is 28.3 Å². The van der Waals surface area contributed by atoms with Gasteiger partial charge in [-0.15, -0.1) is 0 Å². The first kappa shape index (κ1) is 12.7. The van der Waals surface area contributed by atoms with Crippen molar-refractivity contribution in [2.75, 3.05) is 6.54 Å². The average molecular weight is 224 g/mol. The van der Waals surface area contributed by atoms with E-state index >= 15 is 0 Å². The smallest absolute Gasteiger partial charge is 0.221 e. The van der Waals surface area contributed by atoms with Gasteiger partial charge in [0.1, 0.15) is 0 Å². The van der Waals surface area contributed by atoms with Gasteiger partial charge in [-0.3, -0.25) is 9.48 Å². The summed E-state index contributed by atoms with van der Waals surface area (Å²) in [6, 6.07) is -0.0352. The Labute approximate surface area is 96.0 Å². The molecule has 1 aromatic rings. The first-order chi connectivity index (χ1) is 7.61. The van der Waals surface area contributed by atoms with E-state index in [4.69, 9.17) is 5.73 Å². The Morgan fingerprint density at radius 1 is 1.69 bits per heavy atom. The molecule has 1 heterocycles. The number of rotatable bonds is 6. The van der Waals surface area contributed by atoms with Crippen LogP contribution in [0.25, 0.3) is 0 Å². The van der Waals surface area contributed by atoms with Crippen LogP contribution in [0.4, 0.5) is 0 Å². The zero-order valence-corrected chi connectivity index (χ0v) is 9.94. The van der Waals surface area contributed by atoms with Crippen LogP contribution in [0.15, 0.2) is 12.4 Å². The highest BCUT2D eigenvalue weighted by atomic mass is 16.1. The third-order valence-corrected chi connectivity index (χ3v) is 2.40. The van der Waals surface area contributed by atoms with Gasteiger partial charge in [0.25, 0.3) is 0 Å². The molecule has 0 spiro atoms. The Balaban J connectivity index is 2.18. The van der Waals surface area contributed by atoms with Gasteiger partial charge < -0.3 is 11.1 Å². The van der Waals surface area contributed by atoms with Crippen LogP contribution in [0, 0.1) is 6.92 Å². The zero-order valence-electron chi connectivity index (χ0n) is 9.94. The monoisotopic (exact) mass is 224 g/mol. The molecule has 1 atom stereocenters. The molecule has 5 nitrogen and oxygen atoms in total. The molecule has 5 heteroatoms. The SMILES string of the molecule is CCC(N)CC(=O)NCCn1cc(C)cn1. The molecular weight excluding hydrogens is 204 g/mol. The lowest BCUT2D eigenvalue weighted by Gasteiger charge is -2.09. The number of aromatic nitrogens is 2. The Morgan fingerprint density at radius 3 is 3.00 bits per heavy atom. The van der Waals surface area contributed by atoms with E-state index in [-0.39, 0.29) is 11.9 Å². The van der Waals surface area contributed by atoms with Gasteiger partial charge >= 0.3 is 0 Å². The first-order valence-electron chi connectivity index (χ1n) is 5.63. The second kappa shape index (κ2) is 6.27. The normalized spacial score (nSPS) is 12.4. The molecule has 1 amide bonds. The topological polar surface area (TPSA) is 72.9 Å². The minimum Gasteiger partial charge on any atom is -0.354 e. The highest BCUT2D eigenvalue weighted by Gasteiger charge is 2.06. The molecule has 0 radical (unpaired) electrons. The van der Waals surface area contributed by atoms with Crippen LogP contribution in [-0.2, 0) is 11.3 Å². The van der Waals surface area contributed by atoms with Crippen molar-refractivity contribution in [2.45, 2.75) is 39.3 Å². The third kappa shape index (κ3) is 4.44. The van der Waals surface area contributed by atoms with Crippen LogP contribution >= 0.6 is 0 Å². The maximum absolute atomic E-state index is 11.4. The lowest BCUT2D eigenvalue weighted by Crippen LogP contribution is -2.33. The summed E-state index contributed by atoms with van der Waals surface area (Å²) in [6.07, 6.45) is 4.97. The highest BCUT2D eigenvalue weighted by molar-refractivity contribution is 5.76. The van der Waals surface area contributed by atoms with E-state index in [1.165, 1.54) is 0 Å². The van der Waals surface area contributed by atoms with Crippen molar-refractivity contribution in [3.63, 3.8) is 0 Å². The van der Waals surface area contributed by atoms with E-state index < -0.39 is 0 Å². The number of carbonyl (C=O) groups is 1. The summed E-state index contributed by atoms with van der Waals surface area (Å²) in [5.41, 5.74) is 6.81. The number of hydrogen-bond acceptors (Lipinski definition) is 3. The van der Waals surface area contributed by atoms with Crippen molar-refractivity contribution in [2.24, 2.45) is 5.73 Å². The standard InChI is InChI=1S/C11H20N4O/c1-3-10(12)6-11(16)13-4-5-15-8-9(2)7-14-15/h7-8,10H,3-6,12H2,1-2H3,(H,13,16). The van der Waals surface area contributed by atoms with Crippen molar-refractivity contribution < 1.29 is 4.79 Å². The zero-order chi connectivity index (χ0) is 12.0. The fraction of sp³-hybridized carbons (Fsp3) is 0.636. The van der Waals surface area contributed by atoms with E-state index in [0.29, 0.717) is 19.5 Å². The van der Waals surface area contributed by atoms with Gasteiger partial charge in [0.05, 0.1) is 12.7 Å². The highest BCUT2D eigenvalue weighted by Crippen LogP contribution is 1.94. The number of carbonyl (C=O) groups excluding carboxylic acids is 1. The summed E-state index contributed by atoms with van der Waals surface area (Å²) in [7, 11) is 0. The van der Waals surface area contributed by atoms with Gasteiger partial charge in [-0.05, 0) is 18.9 Å². The van der Waals surface area contributed by atoms with Gasteiger partial charge in [0.15, 0.2) is 0 Å². The molecule has 1 unspecified atom stereocenters. The molecule has 0 saturated carbocycles. The second-order valence-electron chi connectivity index (χ2n) is 4.00. The summed E-state index contributed by atoms with van der Waals surface area (Å²) in [5.74, 6) is 0.0122. The molecular formula is C11H20N4O. The molecule has 3 N–H and O–H groups in total. The number of nitrogens with one attached hydrogen (secondary N) is 1. The molecule has 0 aliphatic carbocycles. The lowest BCUT2D eigenvalue weighted by atomic mass is 10.1. The molecule has 0 aromatic carbocycles. The third-order valence-electron chi connectivity index (χ3n) is 2.40. The summed E-state index contributed by atoms with van der Waals surface area (Å²) < 4.78 is 1.81. The molecule has 0 aliphatic rings. The van der Waals surface area contributed by atoms with Crippen LogP contribution in [0.3, 0.4) is 0 Å². The molecule has 16 heavy (non-hydrogen) atoms. The number of amides is 1. The Bertz CT molecular complexity index is 334. The molecule has 0 bridgehead atoms. The Kier molecular flexibility index (Phi) is 4.98. The van der Waals surface area contributed by atoms with Gasteiger partial charge in [-0.25, -0.2) is 0 Å². The van der Waals surface area contributed by atoms with Crippen molar-refractivity contribution in [3.05, 3.63) is 18.0 Å². The average Bonchev–Trinajstić information content (AvgIpc) is 2.64. The van der Waals surface area contributed by atoms with Gasteiger partial charge in [-0.2, -0.15) is 5.10 Å². The minimum atomic E-state index is -0.0352. The number of nitrogens with zero attached hydrogens (tertiary/aromatic N) is 2. The molecule has 1 rings (SSSR count). The van der Waals surface area contributed by atoms with Crippen molar-refractivity contribution in [1.82, 2.24) is 15.1 Å². The van der Waals surface area contributed by atoms with Crippen molar-refractivity contribution in [1.29, 1.82) is 0 Å². The van der Waals surface area contributed by atoms with Crippen LogP contribution in [0.2, 0.25) is 0 Å². The molecule has 90 valence electrons. The van der Waals surface area contributed by atoms with Gasteiger partial charge in [0, 0.05) is 25.2 Å². The Hall–Kier alpha value is -1.36. The quantitative estimate of drug-likeness (QED) is 0.736. The maximum atomic E-state index is 11.4. The molecule has 0 saturated heterocycles. The molecule has 0 aliphatic heterocycles. The van der Waals surface area contributed by atoms with Crippen molar-refractivity contribution >= 4 is 5.91 Å². The number of aryl methyl sites for hydroxylation is 1. The summed E-state index contributed by atoms with van der Waals surface area (Å²) >= 11 is 0. The number of nitrogens with two attached hydrogens (primary N) is 1. The van der Waals surface area contributed by atoms with Gasteiger partial charge in [-0.1, -0.05) is 6.92 Å². The summed E-state index contributed by atoms with van der Waals surface area (Å²) in [6.45, 7) is 5.25. The van der Waals surface area contributed by atoms with E-state index in [1.807, 2.05) is 24.7 Å². The maximum Gasteiger partial charge on any atom is 0.221 e. The second-order valence-corrected chi connectivity index (χ2v) is 4.00. The Morgan fingerprint density at radius 2 is 2.44 bits per heavy atom. The first-order valence-corrected chi connectivity index (χ1v) is 5.63. The lowest BCUT2D eigenvalue weighted by molar-refractivity contribution is -0.121. The van der Waals surface area contributed by atoms with Crippen molar-refractivity contribution in [3.8, 4) is 0 Å². The van der Waals surface area contributed by atoms with Crippen LogP contribution in [0.5, 0.6) is 0 Å². The van der Waals surface area contributed by atoms with Gasteiger partial charge in [0.2, 0.25) is 5.91 Å². The fourth-order valence-electron chi connectivity index (χ4n) is 1.35. The minimum absolute atomic E-state index is 0.0122. The molecule has 1 aromatic heterocycles. The fourth-order valence-corrected chi connectivity index (χ4v) is 1.35. The largest absolute Gasteiger partial charge is 0.354 e. The van der Waals surface area contributed by atoms with E-state index in [0.717, 1.165) is 12.0 Å². The van der Waals surface area contributed by atoms with E-state index in [9.17, 15) is 4.79 Å². The van der Waals surface area contributed by atoms with Crippen LogP contribution < -0.4 is 11.1 Å². The summed E-state index contributed by atoms with van der Waals surface area (Å²) in [4.78, 5) is 11.4. The summed E-state index contributed by atoms with van der Waals surface area (Å²) in [5, 5.41) is 6.96. The predicted molar refractivity (Wildman–Crippen MR) is 62.9 cm³/mol. The predicted octanol–water partition coefficient (Wildman–Crippen LogP) is 0.435. The number of hydrogen-bond donors (Lipinski definition) is 2. The molecule has 0 fully saturated rings.